The zero-order valence-electron chi connectivity index (χ0n) is 26.1. The summed E-state index contributed by atoms with van der Waals surface area (Å²) < 4.78 is 2.61. The van der Waals surface area contributed by atoms with E-state index in [1.54, 1.807) is 0 Å². The first kappa shape index (κ1) is 27.2. The molecule has 48 heavy (non-hydrogen) atoms. The van der Waals surface area contributed by atoms with E-state index in [0.29, 0.717) is 0 Å². The average molecular weight is 628 g/mol. The van der Waals surface area contributed by atoms with E-state index in [1.165, 1.54) is 80.1 Å². The van der Waals surface area contributed by atoms with Crippen molar-refractivity contribution in [3.63, 3.8) is 0 Å². The summed E-state index contributed by atoms with van der Waals surface area (Å²) in [5.41, 5.74) is 5.86. The van der Waals surface area contributed by atoms with Crippen molar-refractivity contribution in [2.24, 2.45) is 0 Å². The molecule has 224 valence electrons. The monoisotopic (exact) mass is 627 g/mol. The van der Waals surface area contributed by atoms with Gasteiger partial charge in [0.1, 0.15) is 0 Å². The Kier molecular flexibility index (Phi) is 6.12. The summed E-state index contributed by atoms with van der Waals surface area (Å²) in [4.78, 5) is 2.47. The van der Waals surface area contributed by atoms with E-state index in [-0.39, 0.29) is 0 Å². The van der Waals surface area contributed by atoms with Gasteiger partial charge in [-0.15, -0.1) is 11.3 Å². The maximum absolute atomic E-state index is 2.47. The smallest absolute Gasteiger partial charge is 0.0546 e. The second-order valence-electron chi connectivity index (χ2n) is 12.5. The molecule has 10 rings (SSSR count). The van der Waals surface area contributed by atoms with E-state index in [4.69, 9.17) is 0 Å². The topological polar surface area (TPSA) is 3.24 Å². The lowest BCUT2D eigenvalue weighted by molar-refractivity contribution is 1.31. The highest BCUT2D eigenvalue weighted by Gasteiger charge is 2.20. The molecule has 2 heteroatoms. The molecule has 0 radical (unpaired) electrons. The molecule has 1 heterocycles. The molecular formula is C46H29NS. The maximum Gasteiger partial charge on any atom is 0.0546 e. The van der Waals surface area contributed by atoms with Gasteiger partial charge in [-0.1, -0.05) is 140 Å². The molecule has 0 amide bonds. The van der Waals surface area contributed by atoms with E-state index in [9.17, 15) is 0 Å². The maximum atomic E-state index is 2.47. The first-order valence-electron chi connectivity index (χ1n) is 16.4. The molecule has 1 nitrogen and oxygen atoms in total. The Bertz CT molecular complexity index is 2830. The first-order valence-corrected chi connectivity index (χ1v) is 17.2. The van der Waals surface area contributed by atoms with Crippen molar-refractivity contribution in [1.29, 1.82) is 0 Å². The van der Waals surface area contributed by atoms with E-state index in [1.807, 2.05) is 11.3 Å². The van der Waals surface area contributed by atoms with Gasteiger partial charge in [0.15, 0.2) is 0 Å². The number of hydrogen-bond acceptors (Lipinski definition) is 2. The Morgan fingerprint density at radius 2 is 0.938 bits per heavy atom. The fourth-order valence-electron chi connectivity index (χ4n) is 7.59. The molecule has 0 bridgehead atoms. The van der Waals surface area contributed by atoms with E-state index >= 15 is 0 Å². The normalized spacial score (nSPS) is 11.8. The minimum Gasteiger partial charge on any atom is -0.310 e. The Labute approximate surface area is 282 Å². The summed E-state index contributed by atoms with van der Waals surface area (Å²) in [6.07, 6.45) is 0. The van der Waals surface area contributed by atoms with Crippen LogP contribution >= 0.6 is 11.3 Å². The highest BCUT2D eigenvalue weighted by molar-refractivity contribution is 7.26. The van der Waals surface area contributed by atoms with Gasteiger partial charge in [-0.05, 0) is 85.2 Å². The molecule has 1 aromatic heterocycles. The van der Waals surface area contributed by atoms with Gasteiger partial charge >= 0.3 is 0 Å². The van der Waals surface area contributed by atoms with Crippen LogP contribution in [0.4, 0.5) is 17.1 Å². The van der Waals surface area contributed by atoms with Crippen LogP contribution in [0.2, 0.25) is 0 Å². The summed E-state index contributed by atoms with van der Waals surface area (Å²) in [5.74, 6) is 0. The Morgan fingerprint density at radius 3 is 1.73 bits per heavy atom. The first-order chi connectivity index (χ1) is 23.8. The van der Waals surface area contributed by atoms with Gasteiger partial charge in [0.25, 0.3) is 0 Å². The third kappa shape index (κ3) is 4.24. The Morgan fingerprint density at radius 1 is 0.333 bits per heavy atom. The van der Waals surface area contributed by atoms with E-state index < -0.39 is 0 Å². The van der Waals surface area contributed by atoms with Gasteiger partial charge in [0, 0.05) is 36.9 Å². The van der Waals surface area contributed by atoms with Crippen LogP contribution in [0.15, 0.2) is 176 Å². The van der Waals surface area contributed by atoms with Crippen LogP contribution in [0.1, 0.15) is 0 Å². The van der Waals surface area contributed by atoms with Crippen LogP contribution in [0.3, 0.4) is 0 Å². The van der Waals surface area contributed by atoms with Gasteiger partial charge in [-0.25, -0.2) is 0 Å². The van der Waals surface area contributed by atoms with Crippen molar-refractivity contribution < 1.29 is 0 Å². The molecule has 0 spiro atoms. The molecule has 0 N–H and O–H groups in total. The number of nitrogens with zero attached hydrogens (tertiary/aromatic N) is 1. The highest BCUT2D eigenvalue weighted by Crippen LogP contribution is 2.47. The minimum absolute atomic E-state index is 1.13. The fraction of sp³-hybridized carbons (Fsp3) is 0. The molecule has 0 saturated carbocycles. The van der Waals surface area contributed by atoms with Crippen LogP contribution < -0.4 is 4.90 Å². The van der Waals surface area contributed by atoms with Crippen LogP contribution in [0.25, 0.3) is 74.4 Å². The second kappa shape index (κ2) is 10.8. The van der Waals surface area contributed by atoms with Crippen molar-refractivity contribution in [3.8, 4) is 11.1 Å². The number of hydrogen-bond donors (Lipinski definition) is 0. The molecule has 10 aromatic rings. The molecule has 0 saturated heterocycles. The van der Waals surface area contributed by atoms with E-state index in [0.717, 1.165) is 11.4 Å². The number of thiophene rings is 1. The number of benzene rings is 9. The molecule has 0 aliphatic rings. The summed E-state index contributed by atoms with van der Waals surface area (Å²) >= 11 is 1.88. The van der Waals surface area contributed by atoms with Gasteiger partial charge in [0.2, 0.25) is 0 Å². The molecule has 0 aliphatic heterocycles. The molecule has 0 aliphatic carbocycles. The Hall–Kier alpha value is -5.96. The molecular weight excluding hydrogens is 599 g/mol. The lowest BCUT2D eigenvalue weighted by Gasteiger charge is -2.28. The fourth-order valence-corrected chi connectivity index (χ4v) is 8.75. The molecule has 0 fully saturated rings. The van der Waals surface area contributed by atoms with Gasteiger partial charge in [0.05, 0.1) is 5.69 Å². The summed E-state index contributed by atoms with van der Waals surface area (Å²) in [5, 5.41) is 12.8. The standard InChI is InChI=1S/C46H29NS/c1-2-11-30(12-3-1)33-16-10-17-35(27-33)47(36-23-25-41-44(29-36)48-43-26-22-32-14-5-8-19-38(32)46(41)43)42-28-34-15-6-9-20-39(34)45-37-18-7-4-13-31(37)21-24-40(42)45/h1-29H. The van der Waals surface area contributed by atoms with Crippen molar-refractivity contribution in [1.82, 2.24) is 0 Å². The summed E-state index contributed by atoms with van der Waals surface area (Å²) in [6.45, 7) is 0. The van der Waals surface area contributed by atoms with Gasteiger partial charge in [-0.2, -0.15) is 0 Å². The van der Waals surface area contributed by atoms with Crippen LogP contribution in [0, 0.1) is 0 Å². The zero-order valence-corrected chi connectivity index (χ0v) is 26.9. The minimum atomic E-state index is 1.13. The van der Waals surface area contributed by atoms with Crippen molar-refractivity contribution in [2.45, 2.75) is 0 Å². The third-order valence-electron chi connectivity index (χ3n) is 9.78. The van der Waals surface area contributed by atoms with Crippen LogP contribution in [-0.2, 0) is 0 Å². The number of rotatable bonds is 4. The lowest BCUT2D eigenvalue weighted by Crippen LogP contribution is -2.11. The Balaban J connectivity index is 1.29. The SMILES string of the molecule is c1ccc(-c2cccc(N(c3ccc4c(c3)sc3ccc5ccccc5c34)c3cc4ccccc4c4c3ccc3ccccc34)c2)cc1. The van der Waals surface area contributed by atoms with Crippen molar-refractivity contribution in [2.75, 3.05) is 4.90 Å². The molecule has 0 unspecified atom stereocenters. The summed E-state index contributed by atoms with van der Waals surface area (Å²) in [7, 11) is 0. The predicted octanol–water partition coefficient (Wildman–Crippen LogP) is 13.8. The lowest BCUT2D eigenvalue weighted by atomic mass is 9.94. The molecule has 9 aromatic carbocycles. The second-order valence-corrected chi connectivity index (χ2v) is 13.6. The van der Waals surface area contributed by atoms with E-state index in [2.05, 4.69) is 181 Å². The number of fused-ring (bicyclic) bond motifs is 10. The number of anilines is 3. The van der Waals surface area contributed by atoms with Crippen molar-refractivity contribution >= 4 is 91.7 Å². The largest absolute Gasteiger partial charge is 0.310 e. The quantitative estimate of drug-likeness (QED) is 0.176. The summed E-state index contributed by atoms with van der Waals surface area (Å²) in [6, 6.07) is 64.5. The van der Waals surface area contributed by atoms with Crippen molar-refractivity contribution in [3.05, 3.63) is 176 Å². The van der Waals surface area contributed by atoms with Crippen LogP contribution in [-0.4, -0.2) is 0 Å². The third-order valence-corrected chi connectivity index (χ3v) is 10.9. The van der Waals surface area contributed by atoms with Gasteiger partial charge < -0.3 is 4.90 Å². The predicted molar refractivity (Wildman–Crippen MR) is 209 cm³/mol. The highest BCUT2D eigenvalue weighted by atomic mass is 32.1. The van der Waals surface area contributed by atoms with Crippen LogP contribution in [0.5, 0.6) is 0 Å². The average Bonchev–Trinajstić information content (AvgIpc) is 3.54. The van der Waals surface area contributed by atoms with Gasteiger partial charge in [-0.3, -0.25) is 0 Å². The zero-order chi connectivity index (χ0) is 31.6. The molecule has 0 atom stereocenters.